The Morgan fingerprint density at radius 1 is 1.13 bits per heavy atom. The number of methoxy groups -OCH3 is 1. The van der Waals surface area contributed by atoms with Crippen molar-refractivity contribution >= 4 is 11.9 Å². The summed E-state index contributed by atoms with van der Waals surface area (Å²) in [5, 5.41) is 0. The zero-order valence-electron chi connectivity index (χ0n) is 13.5. The number of hydrogen-bond donors (Lipinski definition) is 0. The molecule has 1 aliphatic rings. The third-order valence-corrected chi connectivity index (χ3v) is 3.92. The second-order valence-electron chi connectivity index (χ2n) is 5.59. The molecule has 1 aliphatic carbocycles. The maximum atomic E-state index is 12.4. The minimum Gasteiger partial charge on any atom is -0.493 e. The van der Waals surface area contributed by atoms with Gasteiger partial charge in [0.1, 0.15) is 0 Å². The van der Waals surface area contributed by atoms with Crippen molar-refractivity contribution in [3.05, 3.63) is 64.7 Å². The van der Waals surface area contributed by atoms with Crippen LogP contribution < -0.4 is 9.47 Å². The molecule has 3 rings (SSSR count). The Balaban J connectivity index is 1.87. The number of allylic oxidation sites excluding steroid dienone is 1. The van der Waals surface area contributed by atoms with Crippen molar-refractivity contribution < 1.29 is 14.3 Å². The zero-order valence-corrected chi connectivity index (χ0v) is 13.5. The average Bonchev–Trinajstić information content (AvgIpc) is 2.90. The molecule has 0 bridgehead atoms. The monoisotopic (exact) mass is 308 g/mol. The van der Waals surface area contributed by atoms with Crippen LogP contribution in [0.4, 0.5) is 0 Å². The fourth-order valence-electron chi connectivity index (χ4n) is 2.78. The first-order chi connectivity index (χ1) is 11.2. The molecule has 2 aromatic carbocycles. The molecule has 0 amide bonds. The minimum atomic E-state index is 0.117. The molecule has 0 atom stereocenters. The van der Waals surface area contributed by atoms with E-state index in [0.29, 0.717) is 18.8 Å². The van der Waals surface area contributed by atoms with Gasteiger partial charge in [-0.2, -0.15) is 0 Å². The SMILES string of the molecule is CCCOc1ccc(/C=C2\Cc3ccccc3C2=O)cc1OC. The third-order valence-electron chi connectivity index (χ3n) is 3.92. The molecular formula is C20H20O3. The quantitative estimate of drug-likeness (QED) is 0.772. The number of ketones is 1. The van der Waals surface area contributed by atoms with Crippen LogP contribution in [-0.4, -0.2) is 19.5 Å². The van der Waals surface area contributed by atoms with Crippen LogP contribution >= 0.6 is 0 Å². The summed E-state index contributed by atoms with van der Waals surface area (Å²) < 4.78 is 11.1. The van der Waals surface area contributed by atoms with Gasteiger partial charge in [-0.3, -0.25) is 4.79 Å². The predicted octanol–water partition coefficient (Wildman–Crippen LogP) is 4.31. The number of benzene rings is 2. The smallest absolute Gasteiger partial charge is 0.189 e. The van der Waals surface area contributed by atoms with Crippen molar-refractivity contribution in [2.24, 2.45) is 0 Å². The Morgan fingerprint density at radius 2 is 1.96 bits per heavy atom. The van der Waals surface area contributed by atoms with Crippen LogP contribution in [0.2, 0.25) is 0 Å². The molecular weight excluding hydrogens is 288 g/mol. The predicted molar refractivity (Wildman–Crippen MR) is 91.2 cm³/mol. The summed E-state index contributed by atoms with van der Waals surface area (Å²) in [7, 11) is 1.63. The lowest BCUT2D eigenvalue weighted by molar-refractivity contribution is 0.104. The standard InChI is InChI=1S/C20H20O3/c1-3-10-23-18-9-8-14(12-19(18)22-2)11-16-13-15-6-4-5-7-17(15)20(16)21/h4-9,11-12H,3,10,13H2,1-2H3/b16-11+. The molecule has 0 fully saturated rings. The summed E-state index contributed by atoms with van der Waals surface area (Å²) in [6, 6.07) is 13.5. The molecule has 0 unspecified atom stereocenters. The summed E-state index contributed by atoms with van der Waals surface area (Å²) in [6.45, 7) is 2.72. The van der Waals surface area contributed by atoms with Gasteiger partial charge in [-0.25, -0.2) is 0 Å². The molecule has 0 N–H and O–H groups in total. The molecule has 0 radical (unpaired) electrons. The lowest BCUT2D eigenvalue weighted by Crippen LogP contribution is -1.98. The van der Waals surface area contributed by atoms with Gasteiger partial charge >= 0.3 is 0 Å². The largest absolute Gasteiger partial charge is 0.493 e. The van der Waals surface area contributed by atoms with Gasteiger partial charge in [0.25, 0.3) is 0 Å². The van der Waals surface area contributed by atoms with E-state index in [-0.39, 0.29) is 5.78 Å². The topological polar surface area (TPSA) is 35.5 Å². The fraction of sp³-hybridized carbons (Fsp3) is 0.250. The van der Waals surface area contributed by atoms with E-state index >= 15 is 0 Å². The van der Waals surface area contributed by atoms with E-state index in [9.17, 15) is 4.79 Å². The highest BCUT2D eigenvalue weighted by Gasteiger charge is 2.23. The molecule has 0 aliphatic heterocycles. The van der Waals surface area contributed by atoms with E-state index in [1.54, 1.807) is 7.11 Å². The number of hydrogen-bond acceptors (Lipinski definition) is 3. The third kappa shape index (κ3) is 3.14. The number of carbonyl (C=O) groups excluding carboxylic acids is 1. The van der Waals surface area contributed by atoms with Crippen molar-refractivity contribution in [1.82, 2.24) is 0 Å². The van der Waals surface area contributed by atoms with Gasteiger partial charge in [-0.15, -0.1) is 0 Å². The van der Waals surface area contributed by atoms with Gasteiger partial charge in [0.2, 0.25) is 0 Å². The molecule has 0 saturated carbocycles. The van der Waals surface area contributed by atoms with E-state index in [1.165, 1.54) is 0 Å². The number of Topliss-reactive ketones (excluding diaryl/α,β-unsaturated/α-hetero) is 1. The van der Waals surface area contributed by atoms with Crippen LogP contribution in [0, 0.1) is 0 Å². The lowest BCUT2D eigenvalue weighted by atomic mass is 10.1. The van der Waals surface area contributed by atoms with Gasteiger partial charge in [0.05, 0.1) is 13.7 Å². The van der Waals surface area contributed by atoms with E-state index in [0.717, 1.165) is 34.4 Å². The van der Waals surface area contributed by atoms with Crippen LogP contribution in [0.15, 0.2) is 48.0 Å². The van der Waals surface area contributed by atoms with Gasteiger partial charge in [0, 0.05) is 17.6 Å². The van der Waals surface area contributed by atoms with Gasteiger partial charge in [0.15, 0.2) is 17.3 Å². The second-order valence-corrected chi connectivity index (χ2v) is 5.59. The van der Waals surface area contributed by atoms with Crippen molar-refractivity contribution in [3.63, 3.8) is 0 Å². The van der Waals surface area contributed by atoms with Crippen LogP contribution in [0.5, 0.6) is 11.5 Å². The van der Waals surface area contributed by atoms with Gasteiger partial charge < -0.3 is 9.47 Å². The van der Waals surface area contributed by atoms with E-state index in [1.807, 2.05) is 48.5 Å². The first-order valence-electron chi connectivity index (χ1n) is 7.87. The highest BCUT2D eigenvalue weighted by Crippen LogP contribution is 2.31. The first-order valence-corrected chi connectivity index (χ1v) is 7.87. The lowest BCUT2D eigenvalue weighted by Gasteiger charge is -2.10. The highest BCUT2D eigenvalue weighted by molar-refractivity contribution is 6.15. The van der Waals surface area contributed by atoms with Crippen molar-refractivity contribution in [2.75, 3.05) is 13.7 Å². The summed E-state index contributed by atoms with van der Waals surface area (Å²) in [5.41, 5.74) is 3.67. The molecule has 118 valence electrons. The molecule has 0 spiro atoms. The Hall–Kier alpha value is -2.55. The highest BCUT2D eigenvalue weighted by atomic mass is 16.5. The van der Waals surface area contributed by atoms with Crippen molar-refractivity contribution in [3.8, 4) is 11.5 Å². The average molecular weight is 308 g/mol. The fourth-order valence-corrected chi connectivity index (χ4v) is 2.78. The van der Waals surface area contributed by atoms with Gasteiger partial charge in [-0.1, -0.05) is 37.3 Å². The maximum Gasteiger partial charge on any atom is 0.189 e. The Bertz CT molecular complexity index is 759. The number of rotatable bonds is 5. The van der Waals surface area contributed by atoms with Crippen LogP contribution in [0.1, 0.15) is 34.8 Å². The number of ether oxygens (including phenoxy) is 2. The van der Waals surface area contributed by atoms with Crippen molar-refractivity contribution in [1.29, 1.82) is 0 Å². The van der Waals surface area contributed by atoms with Gasteiger partial charge in [-0.05, 0) is 35.8 Å². The Morgan fingerprint density at radius 3 is 2.70 bits per heavy atom. The summed E-state index contributed by atoms with van der Waals surface area (Å²) >= 11 is 0. The maximum absolute atomic E-state index is 12.4. The van der Waals surface area contributed by atoms with Crippen LogP contribution in [0.25, 0.3) is 6.08 Å². The molecule has 0 saturated heterocycles. The van der Waals surface area contributed by atoms with E-state index in [2.05, 4.69) is 6.92 Å². The molecule has 0 aromatic heterocycles. The minimum absolute atomic E-state index is 0.117. The number of fused-ring (bicyclic) bond motifs is 1. The Labute approximate surface area is 136 Å². The molecule has 0 heterocycles. The summed E-state index contributed by atoms with van der Waals surface area (Å²) in [5.74, 6) is 1.54. The zero-order chi connectivity index (χ0) is 16.2. The molecule has 2 aromatic rings. The van der Waals surface area contributed by atoms with Crippen LogP contribution in [-0.2, 0) is 6.42 Å². The molecule has 23 heavy (non-hydrogen) atoms. The molecule has 3 heteroatoms. The normalized spacial score (nSPS) is 14.9. The van der Waals surface area contributed by atoms with E-state index < -0.39 is 0 Å². The summed E-state index contributed by atoms with van der Waals surface area (Å²) in [4.78, 5) is 12.4. The Kier molecular flexibility index (Phi) is 4.47. The first kappa shape index (κ1) is 15.3. The van der Waals surface area contributed by atoms with Crippen LogP contribution in [0.3, 0.4) is 0 Å². The summed E-state index contributed by atoms with van der Waals surface area (Å²) in [6.07, 6.45) is 3.57. The number of carbonyl (C=O) groups is 1. The van der Waals surface area contributed by atoms with Crippen molar-refractivity contribution in [2.45, 2.75) is 19.8 Å². The van der Waals surface area contributed by atoms with E-state index in [4.69, 9.17) is 9.47 Å². The second kappa shape index (κ2) is 6.69. The molecule has 3 nitrogen and oxygen atoms in total.